The number of amidine groups is 1. The predicted octanol–water partition coefficient (Wildman–Crippen LogP) is 3.12. The molecule has 0 aliphatic carbocycles. The van der Waals surface area contributed by atoms with Crippen molar-refractivity contribution in [1.29, 1.82) is 0 Å². The van der Waals surface area contributed by atoms with Gasteiger partial charge >= 0.3 is 6.69 Å². The fourth-order valence-corrected chi connectivity index (χ4v) is 3.43. The summed E-state index contributed by atoms with van der Waals surface area (Å²) in [5.74, 6) is 1.58. The van der Waals surface area contributed by atoms with Crippen LogP contribution < -0.4 is 14.9 Å². The van der Waals surface area contributed by atoms with Gasteiger partial charge < -0.3 is 14.2 Å². The highest BCUT2D eigenvalue weighted by Crippen LogP contribution is 2.43. The zero-order chi connectivity index (χ0) is 16.0. The molecule has 0 saturated heterocycles. The first-order valence-electron chi connectivity index (χ1n) is 7.97. The van der Waals surface area contributed by atoms with E-state index in [9.17, 15) is 0 Å². The van der Waals surface area contributed by atoms with Crippen LogP contribution in [0.15, 0.2) is 90.1 Å². The fourth-order valence-electron chi connectivity index (χ4n) is 3.43. The molecular formula is C19H14BN2O2-. The van der Waals surface area contributed by atoms with E-state index in [2.05, 4.69) is 9.97 Å². The Hall–Kier alpha value is -3.21. The van der Waals surface area contributed by atoms with E-state index in [0.29, 0.717) is 0 Å². The molecule has 116 valence electrons. The van der Waals surface area contributed by atoms with Crippen LogP contribution >= 0.6 is 0 Å². The van der Waals surface area contributed by atoms with Crippen LogP contribution in [-0.2, 0) is 4.76 Å². The van der Waals surface area contributed by atoms with Crippen LogP contribution in [0.4, 0.5) is 5.69 Å². The largest absolute Gasteiger partial charge is 0.659 e. The lowest BCUT2D eigenvalue weighted by Crippen LogP contribution is -2.64. The van der Waals surface area contributed by atoms with Gasteiger partial charge in [0.2, 0.25) is 0 Å². The average Bonchev–Trinajstić information content (AvgIpc) is 3.19. The summed E-state index contributed by atoms with van der Waals surface area (Å²) in [6.45, 7) is -1.90. The number of fused-ring (bicyclic) bond motifs is 3. The Morgan fingerprint density at radius 2 is 1.42 bits per heavy atom. The van der Waals surface area contributed by atoms with Gasteiger partial charge in [0.25, 0.3) is 0 Å². The van der Waals surface area contributed by atoms with E-state index in [0.717, 1.165) is 28.3 Å². The van der Waals surface area contributed by atoms with Crippen molar-refractivity contribution in [1.82, 2.24) is 0 Å². The minimum absolute atomic E-state index is 0.768. The average molecular weight is 313 g/mol. The molecule has 1 atom stereocenters. The van der Waals surface area contributed by atoms with E-state index in [-0.39, 0.29) is 0 Å². The lowest BCUT2D eigenvalue weighted by Gasteiger charge is -2.37. The van der Waals surface area contributed by atoms with Gasteiger partial charge in [-0.3, -0.25) is 0 Å². The number of para-hydroxylation sites is 2. The standard InChI is InChI=1S/C19H14BN2O2/c1-3-9-15(10-4-1)19-21-24-20(16-11-5-2-6-12-16)22(19)17-13-7-8-14-18(17)23-20/h1-14H/q-1/t20-/m0/s1. The van der Waals surface area contributed by atoms with Crippen LogP contribution in [0.5, 0.6) is 5.75 Å². The van der Waals surface area contributed by atoms with Gasteiger partial charge in [-0.15, -0.1) is 5.16 Å². The van der Waals surface area contributed by atoms with E-state index in [4.69, 9.17) is 9.41 Å². The molecule has 0 saturated carbocycles. The molecule has 0 bridgehead atoms. The summed E-state index contributed by atoms with van der Waals surface area (Å²) in [6.07, 6.45) is 0. The van der Waals surface area contributed by atoms with E-state index >= 15 is 0 Å². The molecule has 5 heteroatoms. The highest BCUT2D eigenvalue weighted by atomic mass is 16.7. The summed E-state index contributed by atoms with van der Waals surface area (Å²) in [7, 11) is 0. The SMILES string of the molecule is c1ccc(C2=NO[B@-]3(c4ccccc4)Oc4ccccc4N23)cc1. The van der Waals surface area contributed by atoms with Crippen LogP contribution in [0.1, 0.15) is 5.56 Å². The molecule has 0 aromatic heterocycles. The summed E-state index contributed by atoms with van der Waals surface area (Å²) in [5.41, 5.74) is 2.93. The molecule has 0 unspecified atom stereocenters. The smallest absolute Gasteiger partial charge is 0.512 e. The first kappa shape index (κ1) is 13.3. The topological polar surface area (TPSA) is 34.1 Å². The van der Waals surface area contributed by atoms with Gasteiger partial charge in [-0.2, -0.15) is 0 Å². The van der Waals surface area contributed by atoms with Gasteiger partial charge in [0, 0.05) is 11.3 Å². The number of hydrogen-bond donors (Lipinski definition) is 0. The minimum atomic E-state index is -1.90. The van der Waals surface area contributed by atoms with Gasteiger partial charge in [-0.05, 0) is 12.1 Å². The van der Waals surface area contributed by atoms with E-state index in [1.807, 2.05) is 84.9 Å². The summed E-state index contributed by atoms with van der Waals surface area (Å²) in [5, 5.41) is 4.38. The number of rotatable bonds is 2. The summed E-state index contributed by atoms with van der Waals surface area (Å²) < 4.78 is 12.3. The quantitative estimate of drug-likeness (QED) is 0.682. The maximum atomic E-state index is 6.31. The van der Waals surface area contributed by atoms with Crippen molar-refractivity contribution in [2.24, 2.45) is 5.16 Å². The molecular weight excluding hydrogens is 299 g/mol. The van der Waals surface area contributed by atoms with Gasteiger partial charge in [-0.25, -0.2) is 0 Å². The molecule has 2 heterocycles. The first-order valence-corrected chi connectivity index (χ1v) is 7.97. The fraction of sp³-hybridized carbons (Fsp3) is 0. The second-order valence-electron chi connectivity index (χ2n) is 5.92. The zero-order valence-corrected chi connectivity index (χ0v) is 12.9. The van der Waals surface area contributed by atoms with Crippen LogP contribution in [0.25, 0.3) is 0 Å². The maximum absolute atomic E-state index is 6.31. The number of hydrogen-bond acceptors (Lipinski definition) is 4. The summed E-state index contributed by atoms with van der Waals surface area (Å²) >= 11 is 0. The van der Waals surface area contributed by atoms with Gasteiger partial charge in [0.15, 0.2) is 0 Å². The Kier molecular flexibility index (Phi) is 2.70. The highest BCUT2D eigenvalue weighted by molar-refractivity contribution is 6.90. The first-order chi connectivity index (χ1) is 11.9. The number of benzene rings is 3. The minimum Gasteiger partial charge on any atom is -0.659 e. The molecule has 2 aliphatic rings. The van der Waals surface area contributed by atoms with Crippen LogP contribution in [0, 0.1) is 0 Å². The molecule has 2 aliphatic heterocycles. The molecule has 3 aromatic rings. The Morgan fingerprint density at radius 3 is 2.21 bits per heavy atom. The van der Waals surface area contributed by atoms with Crippen LogP contribution in [0.3, 0.4) is 0 Å². The van der Waals surface area contributed by atoms with Crippen molar-refractivity contribution in [2.75, 3.05) is 4.81 Å². The van der Waals surface area contributed by atoms with E-state index < -0.39 is 6.69 Å². The van der Waals surface area contributed by atoms with Crippen molar-refractivity contribution in [2.45, 2.75) is 0 Å². The lowest BCUT2D eigenvalue weighted by atomic mass is 9.62. The normalized spacial score (nSPS) is 20.7. The van der Waals surface area contributed by atoms with E-state index in [1.54, 1.807) is 0 Å². The molecule has 0 fully saturated rings. The van der Waals surface area contributed by atoms with Crippen LogP contribution in [0.2, 0.25) is 0 Å². The molecule has 0 amide bonds. The summed E-state index contributed by atoms with van der Waals surface area (Å²) in [4.78, 5) is 2.08. The molecule has 5 rings (SSSR count). The lowest BCUT2D eigenvalue weighted by molar-refractivity contribution is 0.285. The predicted molar refractivity (Wildman–Crippen MR) is 95.4 cm³/mol. The second kappa shape index (κ2) is 4.90. The Labute approximate surface area is 139 Å². The molecule has 24 heavy (non-hydrogen) atoms. The molecule has 4 nitrogen and oxygen atoms in total. The molecule has 0 spiro atoms. The highest BCUT2D eigenvalue weighted by Gasteiger charge is 2.52. The van der Waals surface area contributed by atoms with Gasteiger partial charge in [0.05, 0.1) is 5.75 Å². The molecule has 0 N–H and O–H groups in total. The molecule has 0 radical (unpaired) electrons. The maximum Gasteiger partial charge on any atom is 0.512 e. The Balaban J connectivity index is 1.71. The van der Waals surface area contributed by atoms with Crippen molar-refractivity contribution in [3.8, 4) is 5.75 Å². The number of nitrogens with zero attached hydrogens (tertiary/aromatic N) is 2. The Bertz CT molecular complexity index is 930. The Morgan fingerprint density at radius 1 is 0.750 bits per heavy atom. The third kappa shape index (κ3) is 1.72. The second-order valence-corrected chi connectivity index (χ2v) is 5.92. The monoisotopic (exact) mass is 313 g/mol. The third-order valence-corrected chi connectivity index (χ3v) is 4.51. The van der Waals surface area contributed by atoms with Crippen molar-refractivity contribution >= 4 is 23.7 Å². The van der Waals surface area contributed by atoms with Gasteiger partial charge in [-0.1, -0.05) is 78.3 Å². The molecule has 3 aromatic carbocycles. The van der Waals surface area contributed by atoms with Crippen molar-refractivity contribution in [3.05, 3.63) is 90.5 Å². The number of oxime groups is 1. The van der Waals surface area contributed by atoms with Crippen LogP contribution in [-0.4, -0.2) is 12.5 Å². The van der Waals surface area contributed by atoms with Crippen molar-refractivity contribution in [3.63, 3.8) is 0 Å². The van der Waals surface area contributed by atoms with E-state index in [1.165, 1.54) is 0 Å². The zero-order valence-electron chi connectivity index (χ0n) is 12.9. The third-order valence-electron chi connectivity index (χ3n) is 4.51. The number of anilines is 1. The summed E-state index contributed by atoms with van der Waals surface area (Å²) in [6, 6.07) is 28.0. The van der Waals surface area contributed by atoms with Crippen molar-refractivity contribution < 1.29 is 9.41 Å². The van der Waals surface area contributed by atoms with Gasteiger partial charge in [0.1, 0.15) is 5.84 Å².